The van der Waals surface area contributed by atoms with E-state index in [9.17, 15) is 4.79 Å². The maximum atomic E-state index is 11.1. The van der Waals surface area contributed by atoms with E-state index in [-0.39, 0.29) is 6.54 Å². The SMILES string of the molecule is O=C(O)CN(CC1CC1)C1CC(Nc2cccc(-c3nncs3)c2)C1. The van der Waals surface area contributed by atoms with Crippen LogP contribution in [-0.4, -0.2) is 51.3 Å². The second kappa shape index (κ2) is 7.09. The summed E-state index contributed by atoms with van der Waals surface area (Å²) in [6.45, 7) is 1.11. The molecule has 2 fully saturated rings. The first-order chi connectivity index (χ1) is 12.2. The first kappa shape index (κ1) is 16.5. The van der Waals surface area contributed by atoms with Crippen LogP contribution in [0.3, 0.4) is 0 Å². The summed E-state index contributed by atoms with van der Waals surface area (Å²) >= 11 is 1.53. The standard InChI is InChI=1S/C18H22N4O2S/c23-17(24)10-22(9-12-4-5-12)16-7-15(8-16)20-14-3-1-2-13(6-14)18-21-19-11-25-18/h1-3,6,11-12,15-16,20H,4-5,7-10H2,(H,23,24). The second-order valence-electron chi connectivity index (χ2n) is 7.06. The number of aliphatic carboxylic acids is 1. The van der Waals surface area contributed by atoms with Gasteiger partial charge in [-0.15, -0.1) is 10.2 Å². The van der Waals surface area contributed by atoms with Crippen molar-refractivity contribution in [2.75, 3.05) is 18.4 Å². The van der Waals surface area contributed by atoms with E-state index in [0.29, 0.717) is 12.1 Å². The topological polar surface area (TPSA) is 78.4 Å². The zero-order valence-corrected chi connectivity index (χ0v) is 14.8. The second-order valence-corrected chi connectivity index (χ2v) is 7.89. The van der Waals surface area contributed by atoms with E-state index in [1.54, 1.807) is 5.51 Å². The van der Waals surface area contributed by atoms with Crippen molar-refractivity contribution in [2.24, 2.45) is 5.92 Å². The summed E-state index contributed by atoms with van der Waals surface area (Å²) in [6.07, 6.45) is 4.51. The minimum atomic E-state index is -0.721. The van der Waals surface area contributed by atoms with Gasteiger partial charge in [0.1, 0.15) is 10.5 Å². The fourth-order valence-corrected chi connectivity index (χ4v) is 3.98. The van der Waals surface area contributed by atoms with Crippen LogP contribution >= 0.6 is 11.3 Å². The average Bonchev–Trinajstić information content (AvgIpc) is 3.19. The highest BCUT2D eigenvalue weighted by Crippen LogP contribution is 2.35. The quantitative estimate of drug-likeness (QED) is 0.755. The number of aromatic nitrogens is 2. The Kier molecular flexibility index (Phi) is 4.67. The molecule has 0 spiro atoms. The Morgan fingerprint density at radius 2 is 2.20 bits per heavy atom. The van der Waals surface area contributed by atoms with Crippen molar-refractivity contribution < 1.29 is 9.90 Å². The fraction of sp³-hybridized carbons (Fsp3) is 0.500. The molecule has 0 saturated heterocycles. The number of hydrogen-bond acceptors (Lipinski definition) is 6. The van der Waals surface area contributed by atoms with Crippen LogP contribution in [0.5, 0.6) is 0 Å². The summed E-state index contributed by atoms with van der Waals surface area (Å²) in [5.74, 6) is -0.00300. The molecule has 2 saturated carbocycles. The van der Waals surface area contributed by atoms with E-state index < -0.39 is 5.97 Å². The van der Waals surface area contributed by atoms with Crippen LogP contribution in [0.15, 0.2) is 29.8 Å². The molecule has 2 aliphatic carbocycles. The van der Waals surface area contributed by atoms with Gasteiger partial charge in [0, 0.05) is 29.9 Å². The number of carboxylic acids is 1. The lowest BCUT2D eigenvalue weighted by Gasteiger charge is -2.43. The predicted molar refractivity (Wildman–Crippen MR) is 97.7 cm³/mol. The molecular formula is C18H22N4O2S. The summed E-state index contributed by atoms with van der Waals surface area (Å²) < 4.78 is 0. The van der Waals surface area contributed by atoms with Crippen LogP contribution in [0, 0.1) is 5.92 Å². The predicted octanol–water partition coefficient (Wildman–Crippen LogP) is 2.94. The van der Waals surface area contributed by atoms with Crippen molar-refractivity contribution in [1.29, 1.82) is 0 Å². The van der Waals surface area contributed by atoms with Gasteiger partial charge in [0.15, 0.2) is 0 Å². The molecule has 4 rings (SSSR count). The first-order valence-corrected chi connectivity index (χ1v) is 9.64. The van der Waals surface area contributed by atoms with Gasteiger partial charge in [-0.25, -0.2) is 0 Å². The summed E-state index contributed by atoms with van der Waals surface area (Å²) in [5, 5.41) is 21.6. The van der Waals surface area contributed by atoms with Crippen molar-refractivity contribution >= 4 is 23.0 Å². The van der Waals surface area contributed by atoms with Crippen LogP contribution in [-0.2, 0) is 4.79 Å². The molecule has 132 valence electrons. The Bertz CT molecular complexity index is 726. The number of rotatable bonds is 8. The summed E-state index contributed by atoms with van der Waals surface area (Å²) in [5.41, 5.74) is 3.90. The Hall–Kier alpha value is -1.99. The summed E-state index contributed by atoms with van der Waals surface area (Å²) in [4.78, 5) is 13.3. The van der Waals surface area contributed by atoms with E-state index >= 15 is 0 Å². The molecule has 2 N–H and O–H groups in total. The number of nitrogens with one attached hydrogen (secondary N) is 1. The summed E-state index contributed by atoms with van der Waals surface area (Å²) in [7, 11) is 0. The van der Waals surface area contributed by atoms with Crippen LogP contribution < -0.4 is 5.32 Å². The number of nitrogens with zero attached hydrogens (tertiary/aromatic N) is 3. The molecule has 25 heavy (non-hydrogen) atoms. The van der Waals surface area contributed by atoms with E-state index in [0.717, 1.165) is 41.6 Å². The van der Waals surface area contributed by atoms with Gasteiger partial charge in [0.25, 0.3) is 0 Å². The maximum Gasteiger partial charge on any atom is 0.317 e. The average molecular weight is 358 g/mol. The molecule has 2 aromatic rings. The molecule has 0 radical (unpaired) electrons. The van der Waals surface area contributed by atoms with Crippen LogP contribution in [0.25, 0.3) is 10.6 Å². The monoisotopic (exact) mass is 358 g/mol. The molecule has 0 unspecified atom stereocenters. The highest BCUT2D eigenvalue weighted by atomic mass is 32.1. The third-order valence-electron chi connectivity index (χ3n) is 5.00. The van der Waals surface area contributed by atoms with Crippen molar-refractivity contribution in [2.45, 2.75) is 37.8 Å². The van der Waals surface area contributed by atoms with Gasteiger partial charge in [0.05, 0.1) is 6.54 Å². The Morgan fingerprint density at radius 1 is 1.36 bits per heavy atom. The van der Waals surface area contributed by atoms with Gasteiger partial charge in [0.2, 0.25) is 0 Å². The lowest BCUT2D eigenvalue weighted by Crippen LogP contribution is -2.52. The van der Waals surface area contributed by atoms with Crippen LogP contribution in [0.4, 0.5) is 5.69 Å². The molecule has 0 aliphatic heterocycles. The van der Waals surface area contributed by atoms with Crippen molar-refractivity contribution in [3.05, 3.63) is 29.8 Å². The van der Waals surface area contributed by atoms with E-state index in [1.807, 2.05) is 12.1 Å². The molecular weight excluding hydrogens is 336 g/mol. The van der Waals surface area contributed by atoms with Crippen molar-refractivity contribution in [3.63, 3.8) is 0 Å². The zero-order chi connectivity index (χ0) is 17.2. The van der Waals surface area contributed by atoms with Crippen molar-refractivity contribution in [3.8, 4) is 10.6 Å². The third-order valence-corrected chi connectivity index (χ3v) is 5.74. The van der Waals surface area contributed by atoms with E-state index in [4.69, 9.17) is 5.11 Å². The number of carbonyl (C=O) groups is 1. The van der Waals surface area contributed by atoms with Gasteiger partial charge in [-0.2, -0.15) is 0 Å². The summed E-state index contributed by atoms with van der Waals surface area (Å²) in [6, 6.07) is 9.04. The largest absolute Gasteiger partial charge is 0.480 e. The van der Waals surface area contributed by atoms with E-state index in [1.165, 1.54) is 24.2 Å². The Labute approximate surface area is 150 Å². The van der Waals surface area contributed by atoms with Crippen LogP contribution in [0.1, 0.15) is 25.7 Å². The Morgan fingerprint density at radius 3 is 2.88 bits per heavy atom. The number of carboxylic acid groups (broad SMARTS) is 1. The highest BCUT2D eigenvalue weighted by molar-refractivity contribution is 7.12. The molecule has 0 bridgehead atoms. The molecule has 1 aromatic heterocycles. The molecule has 1 heterocycles. The smallest absolute Gasteiger partial charge is 0.317 e. The molecule has 1 aromatic carbocycles. The molecule has 0 amide bonds. The molecule has 6 nitrogen and oxygen atoms in total. The molecule has 0 atom stereocenters. The zero-order valence-electron chi connectivity index (χ0n) is 14.0. The van der Waals surface area contributed by atoms with Gasteiger partial charge in [-0.1, -0.05) is 23.5 Å². The first-order valence-electron chi connectivity index (χ1n) is 8.76. The molecule has 7 heteroatoms. The lowest BCUT2D eigenvalue weighted by molar-refractivity contribution is -0.139. The highest BCUT2D eigenvalue weighted by Gasteiger charge is 2.37. The minimum Gasteiger partial charge on any atom is -0.480 e. The number of anilines is 1. The van der Waals surface area contributed by atoms with Gasteiger partial charge >= 0.3 is 5.97 Å². The number of benzene rings is 1. The van der Waals surface area contributed by atoms with E-state index in [2.05, 4.69) is 32.5 Å². The lowest BCUT2D eigenvalue weighted by atomic mass is 9.85. The van der Waals surface area contributed by atoms with Crippen molar-refractivity contribution in [1.82, 2.24) is 15.1 Å². The maximum absolute atomic E-state index is 11.1. The Balaban J connectivity index is 1.33. The molecule has 2 aliphatic rings. The van der Waals surface area contributed by atoms with Gasteiger partial charge in [-0.05, 0) is 43.7 Å². The number of hydrogen-bond donors (Lipinski definition) is 2. The van der Waals surface area contributed by atoms with Gasteiger partial charge in [-0.3, -0.25) is 9.69 Å². The normalized spacial score (nSPS) is 22.6. The fourth-order valence-electron chi connectivity index (χ4n) is 3.43. The third kappa shape index (κ3) is 4.16. The minimum absolute atomic E-state index is 0.167. The van der Waals surface area contributed by atoms with Crippen LogP contribution in [0.2, 0.25) is 0 Å². The van der Waals surface area contributed by atoms with Gasteiger partial charge < -0.3 is 10.4 Å².